The molecule has 0 spiro atoms. The molecule has 0 aromatic carbocycles. The van der Waals surface area contributed by atoms with E-state index in [1.54, 1.807) is 23.7 Å². The highest BCUT2D eigenvalue weighted by molar-refractivity contribution is 7.16. The zero-order valence-corrected chi connectivity index (χ0v) is 15.9. The minimum atomic E-state index is -0.262. The lowest BCUT2D eigenvalue weighted by Crippen LogP contribution is -2.36. The molecule has 1 atom stereocenters. The molecule has 0 aliphatic heterocycles. The molecular formula is C19H19N5O2S. The molecule has 0 aliphatic carbocycles. The van der Waals surface area contributed by atoms with Crippen molar-refractivity contribution in [3.8, 4) is 0 Å². The van der Waals surface area contributed by atoms with Gasteiger partial charge in [-0.3, -0.25) is 19.0 Å². The van der Waals surface area contributed by atoms with Crippen LogP contribution in [0.2, 0.25) is 0 Å². The van der Waals surface area contributed by atoms with Crippen molar-refractivity contribution in [2.45, 2.75) is 32.9 Å². The van der Waals surface area contributed by atoms with Crippen LogP contribution in [0.15, 0.2) is 46.8 Å². The summed E-state index contributed by atoms with van der Waals surface area (Å²) in [6, 6.07) is 7.38. The zero-order chi connectivity index (χ0) is 19.0. The summed E-state index contributed by atoms with van der Waals surface area (Å²) in [6.07, 6.45) is 4.03. The molecule has 8 heteroatoms. The number of nitrogens with one attached hydrogen (secondary N) is 1. The summed E-state index contributed by atoms with van der Waals surface area (Å²) in [5, 5.41) is 10.4. The Balaban J connectivity index is 1.64. The number of aromatic nitrogens is 4. The molecule has 7 nitrogen and oxygen atoms in total. The number of aryl methyl sites for hydroxylation is 1. The van der Waals surface area contributed by atoms with E-state index in [9.17, 15) is 9.59 Å². The van der Waals surface area contributed by atoms with Crippen molar-refractivity contribution in [1.82, 2.24) is 24.5 Å². The summed E-state index contributed by atoms with van der Waals surface area (Å²) in [5.74, 6) is 0.505. The molecule has 0 fully saturated rings. The van der Waals surface area contributed by atoms with Gasteiger partial charge in [0.1, 0.15) is 22.7 Å². The maximum Gasteiger partial charge on any atom is 0.291 e. The number of nitrogens with zero attached hydrogens (tertiary/aromatic N) is 4. The van der Waals surface area contributed by atoms with Crippen molar-refractivity contribution in [1.29, 1.82) is 0 Å². The molecule has 0 bridgehead atoms. The van der Waals surface area contributed by atoms with E-state index in [2.05, 4.69) is 15.4 Å². The fraction of sp³-hybridized carbons (Fsp3) is 0.263. The fourth-order valence-electron chi connectivity index (χ4n) is 3.19. The monoisotopic (exact) mass is 381 g/mol. The third-order valence-electron chi connectivity index (χ3n) is 4.55. The van der Waals surface area contributed by atoms with Crippen LogP contribution in [-0.4, -0.2) is 25.1 Å². The maximum atomic E-state index is 12.9. The highest BCUT2D eigenvalue weighted by atomic mass is 32.1. The van der Waals surface area contributed by atoms with E-state index >= 15 is 0 Å². The predicted octanol–water partition coefficient (Wildman–Crippen LogP) is 2.55. The van der Waals surface area contributed by atoms with Crippen molar-refractivity contribution < 1.29 is 4.79 Å². The maximum absolute atomic E-state index is 12.9. The second kappa shape index (κ2) is 6.96. The van der Waals surface area contributed by atoms with Crippen LogP contribution in [0, 0.1) is 0 Å². The van der Waals surface area contributed by atoms with Crippen LogP contribution in [0.25, 0.3) is 15.7 Å². The van der Waals surface area contributed by atoms with Crippen LogP contribution in [0.1, 0.15) is 31.3 Å². The first-order valence-corrected chi connectivity index (χ1v) is 9.64. The molecule has 4 aromatic heterocycles. The van der Waals surface area contributed by atoms with Gasteiger partial charge in [-0.2, -0.15) is 5.10 Å². The highest BCUT2D eigenvalue weighted by Crippen LogP contribution is 2.24. The first-order chi connectivity index (χ1) is 13.1. The van der Waals surface area contributed by atoms with Gasteiger partial charge in [0.05, 0.1) is 6.04 Å². The van der Waals surface area contributed by atoms with Crippen molar-refractivity contribution in [3.63, 3.8) is 0 Å². The summed E-state index contributed by atoms with van der Waals surface area (Å²) >= 11 is 1.58. The van der Waals surface area contributed by atoms with Gasteiger partial charge in [0.15, 0.2) is 0 Å². The molecule has 0 aliphatic rings. The molecule has 1 unspecified atom stereocenters. The Morgan fingerprint density at radius 2 is 2.07 bits per heavy atom. The molecule has 0 radical (unpaired) electrons. The van der Waals surface area contributed by atoms with Crippen molar-refractivity contribution in [3.05, 3.63) is 63.8 Å². The third-order valence-corrected chi connectivity index (χ3v) is 5.47. The molecule has 138 valence electrons. The van der Waals surface area contributed by atoms with Crippen LogP contribution in [0.4, 0.5) is 0 Å². The van der Waals surface area contributed by atoms with Gasteiger partial charge < -0.3 is 5.32 Å². The Hall–Kier alpha value is -3.00. The molecule has 4 heterocycles. The number of hydrogen-bond donors (Lipinski definition) is 1. The van der Waals surface area contributed by atoms with Crippen LogP contribution < -0.4 is 10.9 Å². The van der Waals surface area contributed by atoms with E-state index in [-0.39, 0.29) is 24.1 Å². The van der Waals surface area contributed by atoms with Gasteiger partial charge in [0.2, 0.25) is 5.91 Å². The number of pyridine rings is 1. The van der Waals surface area contributed by atoms with Crippen molar-refractivity contribution >= 4 is 33.0 Å². The van der Waals surface area contributed by atoms with E-state index in [1.807, 2.05) is 47.9 Å². The summed E-state index contributed by atoms with van der Waals surface area (Å²) < 4.78 is 3.16. The number of thiophene rings is 1. The van der Waals surface area contributed by atoms with E-state index in [4.69, 9.17) is 0 Å². The Morgan fingerprint density at radius 3 is 2.81 bits per heavy atom. The first kappa shape index (κ1) is 17.4. The summed E-state index contributed by atoms with van der Waals surface area (Å²) in [7, 11) is 0. The van der Waals surface area contributed by atoms with Gasteiger partial charge in [-0.05, 0) is 42.1 Å². The normalized spacial score (nSPS) is 12.5. The lowest BCUT2D eigenvalue weighted by molar-refractivity contribution is -0.122. The average molecular weight is 381 g/mol. The van der Waals surface area contributed by atoms with Crippen LogP contribution in [-0.2, 0) is 17.8 Å². The largest absolute Gasteiger partial charge is 0.348 e. The Labute approximate surface area is 159 Å². The summed E-state index contributed by atoms with van der Waals surface area (Å²) in [5.41, 5.74) is 1.25. The quantitative estimate of drug-likeness (QED) is 0.576. The fourth-order valence-corrected chi connectivity index (χ4v) is 4.11. The van der Waals surface area contributed by atoms with E-state index in [0.29, 0.717) is 11.9 Å². The molecule has 4 aromatic rings. The predicted molar refractivity (Wildman–Crippen MR) is 105 cm³/mol. The lowest BCUT2D eigenvalue weighted by atomic mass is 10.1. The van der Waals surface area contributed by atoms with Crippen LogP contribution in [0.5, 0.6) is 0 Å². The second-order valence-corrected chi connectivity index (χ2v) is 7.24. The Bertz CT molecular complexity index is 1180. The zero-order valence-electron chi connectivity index (χ0n) is 15.0. The molecule has 1 amide bonds. The minimum Gasteiger partial charge on any atom is -0.348 e. The lowest BCUT2D eigenvalue weighted by Gasteiger charge is -2.15. The Morgan fingerprint density at radius 1 is 1.30 bits per heavy atom. The average Bonchev–Trinajstić information content (AvgIpc) is 3.26. The van der Waals surface area contributed by atoms with E-state index in [1.165, 1.54) is 4.68 Å². The number of fused-ring (bicyclic) bond motifs is 3. The topological polar surface area (TPSA) is 81.3 Å². The van der Waals surface area contributed by atoms with Gasteiger partial charge in [0, 0.05) is 24.2 Å². The summed E-state index contributed by atoms with van der Waals surface area (Å²) in [6.45, 7) is 3.77. The van der Waals surface area contributed by atoms with Crippen molar-refractivity contribution in [2.24, 2.45) is 0 Å². The summed E-state index contributed by atoms with van der Waals surface area (Å²) in [4.78, 5) is 30.3. The number of hydrogen-bond acceptors (Lipinski definition) is 5. The molecule has 0 saturated heterocycles. The second-order valence-electron chi connectivity index (χ2n) is 6.35. The van der Waals surface area contributed by atoms with Gasteiger partial charge >= 0.3 is 0 Å². The molecule has 1 N–H and O–H groups in total. The van der Waals surface area contributed by atoms with Crippen molar-refractivity contribution in [2.75, 3.05) is 0 Å². The van der Waals surface area contributed by atoms with Crippen LogP contribution in [0.3, 0.4) is 0 Å². The Kier molecular flexibility index (Phi) is 4.49. The molecule has 27 heavy (non-hydrogen) atoms. The highest BCUT2D eigenvalue weighted by Gasteiger charge is 2.17. The number of carbonyl (C=O) groups excluding carboxylic acids is 1. The molecule has 0 saturated carbocycles. The standard InChI is InChI=1S/C19H19N5O2S/c1-3-16-22-23(11-17(25)21-12(2)13-4-7-20-8-5-13)18(26)15-10-14-6-9-27-19(14)24(15)16/h4-10,12H,3,11H2,1-2H3,(H,21,25). The third kappa shape index (κ3) is 3.12. The molecule has 4 rings (SSSR count). The molecular weight excluding hydrogens is 362 g/mol. The minimum absolute atomic E-state index is 0.114. The van der Waals surface area contributed by atoms with Gasteiger partial charge in [0.25, 0.3) is 5.56 Å². The number of amides is 1. The first-order valence-electron chi connectivity index (χ1n) is 8.76. The van der Waals surface area contributed by atoms with Gasteiger partial charge in [-0.25, -0.2) is 4.68 Å². The smallest absolute Gasteiger partial charge is 0.291 e. The van der Waals surface area contributed by atoms with Gasteiger partial charge in [-0.1, -0.05) is 6.92 Å². The number of rotatable bonds is 5. The van der Waals surface area contributed by atoms with Gasteiger partial charge in [-0.15, -0.1) is 11.3 Å². The van der Waals surface area contributed by atoms with Crippen LogP contribution >= 0.6 is 11.3 Å². The number of carbonyl (C=O) groups is 1. The van der Waals surface area contributed by atoms with E-state index in [0.717, 1.165) is 21.6 Å². The SMILES string of the molecule is CCc1nn(CC(=O)NC(C)c2ccncc2)c(=O)c2cc3ccsc3n12. The van der Waals surface area contributed by atoms with E-state index < -0.39 is 0 Å².